The van der Waals surface area contributed by atoms with Crippen LogP contribution < -0.4 is 15.0 Å². The van der Waals surface area contributed by atoms with Crippen LogP contribution >= 0.6 is 34.8 Å². The van der Waals surface area contributed by atoms with Crippen LogP contribution in [0.15, 0.2) is 60.2 Å². The first-order valence-electron chi connectivity index (χ1n) is 10.5. The van der Waals surface area contributed by atoms with Gasteiger partial charge in [-0.25, -0.2) is 9.69 Å². The average molecular weight is 530 g/mol. The van der Waals surface area contributed by atoms with E-state index in [1.54, 1.807) is 18.2 Å². The molecule has 178 valence electrons. The summed E-state index contributed by atoms with van der Waals surface area (Å²) in [7, 11) is 0. The predicted octanol–water partition coefficient (Wildman–Crippen LogP) is 6.51. The van der Waals surface area contributed by atoms with Crippen molar-refractivity contribution in [2.24, 2.45) is 0 Å². The maximum absolute atomic E-state index is 13.2. The molecule has 35 heavy (non-hydrogen) atoms. The number of imide groups is 2. The summed E-state index contributed by atoms with van der Waals surface area (Å²) in [5.41, 5.74) is 3.49. The lowest BCUT2D eigenvalue weighted by molar-refractivity contribution is -0.122. The van der Waals surface area contributed by atoms with E-state index in [2.05, 4.69) is 11.4 Å². The molecule has 0 spiro atoms. The van der Waals surface area contributed by atoms with Crippen LogP contribution in [0, 0.1) is 13.8 Å². The summed E-state index contributed by atoms with van der Waals surface area (Å²) in [5.74, 6) is -1.24. The minimum Gasteiger partial charge on any atom is -0.488 e. The van der Waals surface area contributed by atoms with Crippen LogP contribution in [0.2, 0.25) is 15.1 Å². The highest BCUT2D eigenvalue weighted by atomic mass is 35.5. The molecule has 6 nitrogen and oxygen atoms in total. The Morgan fingerprint density at radius 3 is 2.29 bits per heavy atom. The van der Waals surface area contributed by atoms with Crippen LogP contribution in [0.5, 0.6) is 5.75 Å². The number of anilines is 1. The van der Waals surface area contributed by atoms with Crippen LogP contribution in [0.3, 0.4) is 0 Å². The van der Waals surface area contributed by atoms with Gasteiger partial charge in [0.2, 0.25) is 0 Å². The molecule has 1 aliphatic rings. The van der Waals surface area contributed by atoms with Gasteiger partial charge < -0.3 is 4.74 Å². The third-order valence-corrected chi connectivity index (χ3v) is 6.18. The third-order valence-electron chi connectivity index (χ3n) is 5.21. The molecule has 1 N–H and O–H groups in total. The Labute approximate surface area is 217 Å². The van der Waals surface area contributed by atoms with Gasteiger partial charge in [0.15, 0.2) is 0 Å². The van der Waals surface area contributed by atoms with E-state index in [0.717, 1.165) is 21.6 Å². The largest absolute Gasteiger partial charge is 0.488 e. The summed E-state index contributed by atoms with van der Waals surface area (Å²) in [5, 5.41) is 2.98. The molecule has 1 saturated heterocycles. The third kappa shape index (κ3) is 5.51. The quantitative estimate of drug-likeness (QED) is 0.302. The van der Waals surface area contributed by atoms with Crippen LogP contribution in [0.4, 0.5) is 10.5 Å². The number of urea groups is 1. The highest BCUT2D eigenvalue weighted by Gasteiger charge is 2.37. The van der Waals surface area contributed by atoms with E-state index < -0.39 is 17.8 Å². The molecule has 9 heteroatoms. The molecule has 0 aliphatic carbocycles. The molecule has 0 radical (unpaired) electrons. The van der Waals surface area contributed by atoms with E-state index in [1.807, 2.05) is 26.0 Å². The van der Waals surface area contributed by atoms with Crippen molar-refractivity contribution in [3.05, 3.63) is 97.5 Å². The minimum absolute atomic E-state index is 0.157. The number of rotatable bonds is 5. The number of nitrogens with zero attached hydrogens (tertiary/aromatic N) is 1. The SMILES string of the molecule is Cc1cc(C)cc(COc2ccc(Cl)cc2/C=C2\C(=O)NC(=O)N(c3ccc(Cl)c(Cl)c3)C2=O)c1. The fourth-order valence-electron chi connectivity index (χ4n) is 3.75. The molecular weight excluding hydrogens is 511 g/mol. The zero-order valence-corrected chi connectivity index (χ0v) is 21.0. The van der Waals surface area contributed by atoms with Crippen LogP contribution in [-0.4, -0.2) is 17.8 Å². The van der Waals surface area contributed by atoms with Gasteiger partial charge in [-0.2, -0.15) is 0 Å². The van der Waals surface area contributed by atoms with Gasteiger partial charge in [-0.05, 0) is 61.9 Å². The second-order valence-corrected chi connectivity index (χ2v) is 9.27. The van der Waals surface area contributed by atoms with Gasteiger partial charge in [-0.1, -0.05) is 64.1 Å². The molecule has 1 aliphatic heterocycles. The summed E-state index contributed by atoms with van der Waals surface area (Å²) in [6.45, 7) is 4.28. The molecule has 3 aromatic rings. The minimum atomic E-state index is -0.895. The number of hydrogen-bond donors (Lipinski definition) is 1. The maximum Gasteiger partial charge on any atom is 0.335 e. The molecule has 4 amide bonds. The topological polar surface area (TPSA) is 75.7 Å². The van der Waals surface area contributed by atoms with Crippen LogP contribution in [0.1, 0.15) is 22.3 Å². The number of nitrogens with one attached hydrogen (secondary N) is 1. The van der Waals surface area contributed by atoms with Gasteiger partial charge in [-0.3, -0.25) is 14.9 Å². The van der Waals surface area contributed by atoms with Gasteiger partial charge in [0.1, 0.15) is 17.9 Å². The number of barbiturate groups is 1. The van der Waals surface area contributed by atoms with E-state index in [1.165, 1.54) is 24.3 Å². The molecule has 4 rings (SSSR count). The standard InChI is InChI=1S/C26H19Cl3N2O4/c1-14-7-15(2)9-16(8-14)13-35-23-6-3-18(27)10-17(23)11-20-24(32)30-26(34)31(25(20)33)19-4-5-21(28)22(29)12-19/h3-12H,13H2,1-2H3,(H,30,32,34)/b20-11+. The first kappa shape index (κ1) is 24.8. The Morgan fingerprint density at radius 1 is 0.886 bits per heavy atom. The number of ether oxygens (including phenoxy) is 1. The highest BCUT2D eigenvalue weighted by Crippen LogP contribution is 2.31. The van der Waals surface area contributed by atoms with E-state index in [9.17, 15) is 14.4 Å². The van der Waals surface area contributed by atoms with E-state index in [0.29, 0.717) is 16.3 Å². The first-order valence-corrected chi connectivity index (χ1v) is 11.6. The predicted molar refractivity (Wildman–Crippen MR) is 137 cm³/mol. The molecule has 0 aromatic heterocycles. The molecule has 1 fully saturated rings. The molecule has 0 atom stereocenters. The summed E-state index contributed by atoms with van der Waals surface area (Å²) in [6, 6.07) is 14.4. The number of carbonyl (C=O) groups excluding carboxylic acids is 3. The van der Waals surface area contributed by atoms with Crippen molar-refractivity contribution in [2.45, 2.75) is 20.5 Å². The number of benzene rings is 3. The Kier molecular flexibility index (Phi) is 7.17. The van der Waals surface area contributed by atoms with E-state index >= 15 is 0 Å². The average Bonchev–Trinajstić information content (AvgIpc) is 2.77. The number of carbonyl (C=O) groups is 3. The van der Waals surface area contributed by atoms with Crippen molar-refractivity contribution in [3.8, 4) is 5.75 Å². The molecule has 1 heterocycles. The second-order valence-electron chi connectivity index (χ2n) is 8.02. The number of amides is 4. The van der Waals surface area contributed by atoms with Crippen LogP contribution in [-0.2, 0) is 16.2 Å². The molecule has 0 saturated carbocycles. The lowest BCUT2D eigenvalue weighted by atomic mass is 10.1. The van der Waals surface area contributed by atoms with Gasteiger partial charge in [0, 0.05) is 10.6 Å². The highest BCUT2D eigenvalue weighted by molar-refractivity contribution is 6.43. The number of hydrogen-bond acceptors (Lipinski definition) is 4. The molecule has 3 aromatic carbocycles. The smallest absolute Gasteiger partial charge is 0.335 e. The molecule has 0 bridgehead atoms. The summed E-state index contributed by atoms with van der Waals surface area (Å²) < 4.78 is 6.00. The van der Waals surface area contributed by atoms with Gasteiger partial charge in [0.25, 0.3) is 11.8 Å². The Balaban J connectivity index is 1.68. The van der Waals surface area contributed by atoms with E-state index in [4.69, 9.17) is 39.5 Å². The molecular formula is C26H19Cl3N2O4. The Bertz CT molecular complexity index is 1380. The summed E-state index contributed by atoms with van der Waals surface area (Å²) in [4.78, 5) is 39.1. The van der Waals surface area contributed by atoms with Gasteiger partial charge in [-0.15, -0.1) is 0 Å². The van der Waals surface area contributed by atoms with Crippen molar-refractivity contribution in [1.29, 1.82) is 0 Å². The van der Waals surface area contributed by atoms with E-state index in [-0.39, 0.29) is 27.9 Å². The van der Waals surface area contributed by atoms with Crippen molar-refractivity contribution >= 4 is 64.4 Å². The summed E-state index contributed by atoms with van der Waals surface area (Å²) >= 11 is 18.2. The van der Waals surface area contributed by atoms with Gasteiger partial charge >= 0.3 is 6.03 Å². The lowest BCUT2D eigenvalue weighted by Gasteiger charge is -2.26. The monoisotopic (exact) mass is 528 g/mol. The fraction of sp³-hybridized carbons (Fsp3) is 0.115. The van der Waals surface area contributed by atoms with Crippen molar-refractivity contribution in [1.82, 2.24) is 5.32 Å². The zero-order chi connectivity index (χ0) is 25.3. The summed E-state index contributed by atoms with van der Waals surface area (Å²) in [6.07, 6.45) is 1.34. The second kappa shape index (κ2) is 10.1. The normalized spacial score (nSPS) is 14.9. The van der Waals surface area contributed by atoms with Crippen molar-refractivity contribution in [3.63, 3.8) is 0 Å². The fourth-order valence-corrected chi connectivity index (χ4v) is 4.22. The van der Waals surface area contributed by atoms with Gasteiger partial charge in [0.05, 0.1) is 15.7 Å². The lowest BCUT2D eigenvalue weighted by Crippen LogP contribution is -2.54. The zero-order valence-electron chi connectivity index (χ0n) is 18.7. The van der Waals surface area contributed by atoms with Crippen molar-refractivity contribution < 1.29 is 19.1 Å². The molecule has 0 unspecified atom stereocenters. The Hall–Kier alpha value is -3.32. The first-order chi connectivity index (χ1) is 16.6. The maximum atomic E-state index is 13.2. The number of halogens is 3. The Morgan fingerprint density at radius 2 is 1.60 bits per heavy atom. The van der Waals surface area contributed by atoms with Crippen molar-refractivity contribution in [2.75, 3.05) is 4.90 Å². The van der Waals surface area contributed by atoms with Crippen LogP contribution in [0.25, 0.3) is 6.08 Å². The number of aryl methyl sites for hydroxylation is 2.